The Labute approximate surface area is 207 Å². The predicted molar refractivity (Wildman–Crippen MR) is 134 cm³/mol. The molecule has 7 heteroatoms. The highest BCUT2D eigenvalue weighted by molar-refractivity contribution is 5.94. The number of hydrogen-bond acceptors (Lipinski definition) is 5. The Bertz CT molecular complexity index is 1050. The predicted octanol–water partition coefficient (Wildman–Crippen LogP) is 5.74. The summed E-state index contributed by atoms with van der Waals surface area (Å²) < 4.78 is 12.0. The maximum atomic E-state index is 13.0. The summed E-state index contributed by atoms with van der Waals surface area (Å²) in [5.41, 5.74) is 3.93. The Kier molecular flexibility index (Phi) is 8.39. The van der Waals surface area contributed by atoms with Crippen LogP contribution in [-0.2, 0) is 20.9 Å². The van der Waals surface area contributed by atoms with Gasteiger partial charge in [0, 0.05) is 11.8 Å². The van der Waals surface area contributed by atoms with Crippen LogP contribution in [0.1, 0.15) is 69.4 Å². The van der Waals surface area contributed by atoms with E-state index in [1.807, 2.05) is 38.1 Å². The first-order valence-electron chi connectivity index (χ1n) is 12.8. The van der Waals surface area contributed by atoms with Gasteiger partial charge in [-0.15, -0.1) is 0 Å². The maximum absolute atomic E-state index is 13.0. The monoisotopic (exact) mass is 480 g/mol. The summed E-state index contributed by atoms with van der Waals surface area (Å²) in [5, 5.41) is 12.5. The molecule has 0 saturated heterocycles. The molecule has 2 aliphatic rings. The van der Waals surface area contributed by atoms with Crippen LogP contribution < -0.4 is 10.1 Å². The molecule has 2 aromatic rings. The fourth-order valence-electron chi connectivity index (χ4n) is 5.37. The molecule has 0 bridgehead atoms. The van der Waals surface area contributed by atoms with Crippen LogP contribution in [0.2, 0.25) is 0 Å². The first-order valence-corrected chi connectivity index (χ1v) is 12.8. The summed E-state index contributed by atoms with van der Waals surface area (Å²) in [6, 6.07) is 7.85. The summed E-state index contributed by atoms with van der Waals surface area (Å²) in [6.07, 6.45) is 9.38. The number of carbonyl (C=O) groups excluding carboxylic acids is 1. The lowest BCUT2D eigenvalue weighted by Gasteiger charge is -2.27. The van der Waals surface area contributed by atoms with Gasteiger partial charge in [0.25, 0.3) is 0 Å². The second-order valence-corrected chi connectivity index (χ2v) is 9.63. The van der Waals surface area contributed by atoms with Crippen LogP contribution in [0, 0.1) is 18.8 Å². The van der Waals surface area contributed by atoms with Crippen molar-refractivity contribution >= 4 is 17.7 Å². The largest absolute Gasteiger partial charge is 0.494 e. The smallest absolute Gasteiger partial charge is 0.307 e. The summed E-state index contributed by atoms with van der Waals surface area (Å²) in [7, 11) is 0. The number of aromatic nitrogens is 1. The highest BCUT2D eigenvalue weighted by Gasteiger charge is 2.36. The van der Waals surface area contributed by atoms with E-state index in [1.165, 1.54) is 12.8 Å². The van der Waals surface area contributed by atoms with Crippen LogP contribution in [0.3, 0.4) is 0 Å². The zero-order valence-electron chi connectivity index (χ0n) is 20.7. The lowest BCUT2D eigenvalue weighted by Crippen LogP contribution is -2.36. The number of rotatable bonds is 9. The molecule has 2 saturated carbocycles. The number of carbonyl (C=O) groups is 2. The molecule has 2 aliphatic carbocycles. The molecule has 0 spiro atoms. The number of ether oxygens (including phenoxy) is 2. The van der Waals surface area contributed by atoms with Crippen molar-refractivity contribution in [2.24, 2.45) is 11.8 Å². The van der Waals surface area contributed by atoms with E-state index in [2.05, 4.69) is 10.3 Å². The van der Waals surface area contributed by atoms with Crippen molar-refractivity contribution in [3.63, 3.8) is 0 Å². The Morgan fingerprint density at radius 2 is 1.77 bits per heavy atom. The van der Waals surface area contributed by atoms with Crippen molar-refractivity contribution in [3.05, 3.63) is 41.6 Å². The van der Waals surface area contributed by atoms with Crippen molar-refractivity contribution in [2.45, 2.75) is 77.9 Å². The van der Waals surface area contributed by atoms with E-state index in [0.29, 0.717) is 31.9 Å². The molecule has 2 N–H and O–H groups in total. The third-order valence-electron chi connectivity index (χ3n) is 7.31. The van der Waals surface area contributed by atoms with Crippen molar-refractivity contribution in [3.8, 4) is 16.9 Å². The molecule has 7 nitrogen and oxygen atoms in total. The van der Waals surface area contributed by atoms with Crippen LogP contribution in [0.15, 0.2) is 30.5 Å². The van der Waals surface area contributed by atoms with E-state index in [4.69, 9.17) is 9.47 Å². The summed E-state index contributed by atoms with van der Waals surface area (Å²) in [5.74, 6) is -1.08. The van der Waals surface area contributed by atoms with Gasteiger partial charge in [-0.2, -0.15) is 0 Å². The average Bonchev–Trinajstić information content (AvgIpc) is 3.38. The molecule has 188 valence electrons. The van der Waals surface area contributed by atoms with Gasteiger partial charge in [0.15, 0.2) is 0 Å². The van der Waals surface area contributed by atoms with Gasteiger partial charge in [0.2, 0.25) is 5.91 Å². The summed E-state index contributed by atoms with van der Waals surface area (Å²) >= 11 is 0. The van der Waals surface area contributed by atoms with E-state index in [1.54, 1.807) is 6.20 Å². The minimum atomic E-state index is -0.900. The van der Waals surface area contributed by atoms with Crippen LogP contribution in [-0.4, -0.2) is 34.7 Å². The fourth-order valence-corrected chi connectivity index (χ4v) is 5.37. The quantitative estimate of drug-likeness (QED) is 0.475. The highest BCUT2D eigenvalue weighted by atomic mass is 16.5. The van der Waals surface area contributed by atoms with Crippen LogP contribution in [0.5, 0.6) is 5.75 Å². The van der Waals surface area contributed by atoms with Gasteiger partial charge in [0.1, 0.15) is 11.6 Å². The van der Waals surface area contributed by atoms with Crippen molar-refractivity contribution in [2.75, 3.05) is 11.9 Å². The molecule has 0 unspecified atom stereocenters. The number of nitrogens with one attached hydrogen (secondary N) is 1. The second kappa shape index (κ2) is 11.7. The molecular formula is C28H36N2O5. The number of benzene rings is 1. The van der Waals surface area contributed by atoms with Crippen molar-refractivity contribution in [1.82, 2.24) is 4.98 Å². The first kappa shape index (κ1) is 25.2. The maximum Gasteiger partial charge on any atom is 0.307 e. The molecule has 35 heavy (non-hydrogen) atoms. The number of hydrogen-bond donors (Lipinski definition) is 2. The summed E-state index contributed by atoms with van der Waals surface area (Å²) in [6.45, 7) is 5.01. The normalized spacial score (nSPS) is 20.5. The number of amides is 1. The molecule has 2 atom stereocenters. The minimum absolute atomic E-state index is 0.253. The molecule has 0 aliphatic heterocycles. The third-order valence-corrected chi connectivity index (χ3v) is 7.31. The number of nitrogens with zero attached hydrogens (tertiary/aromatic N) is 1. The van der Waals surface area contributed by atoms with E-state index < -0.39 is 17.8 Å². The van der Waals surface area contributed by atoms with E-state index in [-0.39, 0.29) is 12.0 Å². The van der Waals surface area contributed by atoms with Crippen LogP contribution in [0.25, 0.3) is 11.1 Å². The van der Waals surface area contributed by atoms with E-state index in [9.17, 15) is 14.7 Å². The van der Waals surface area contributed by atoms with Crippen molar-refractivity contribution in [1.29, 1.82) is 0 Å². The molecule has 1 amide bonds. The first-order chi connectivity index (χ1) is 17.0. The van der Waals surface area contributed by atoms with Crippen LogP contribution in [0.4, 0.5) is 5.82 Å². The number of carboxylic acids is 1. The number of aliphatic carboxylic acids is 1. The molecule has 2 fully saturated rings. The molecule has 0 radical (unpaired) electrons. The lowest BCUT2D eigenvalue weighted by molar-refractivity contribution is -0.147. The second-order valence-electron chi connectivity index (χ2n) is 9.63. The van der Waals surface area contributed by atoms with Crippen LogP contribution >= 0.6 is 0 Å². The Hall–Kier alpha value is -2.93. The van der Waals surface area contributed by atoms with Gasteiger partial charge >= 0.3 is 5.97 Å². The standard InChI is InChI=1S/C28H36N2O5/c1-3-34-25-14-8-13-21(18(25)2)24-16-29-26(15-19(24)17-35-20-9-4-5-10-20)30-27(31)22-11-6-7-12-23(22)28(32)33/h8,13-16,20,22-23H,3-7,9-12,17H2,1-2H3,(H,32,33)(H,29,30,31)/t22-,23+/m0/s1. The third kappa shape index (κ3) is 6.01. The SMILES string of the molecule is CCOc1cccc(-c2cnc(NC(=O)[C@H]3CCCC[C@H]3C(=O)O)cc2COC2CCCC2)c1C. The molecule has 1 aromatic carbocycles. The molecule has 1 heterocycles. The van der Waals surface area contributed by atoms with E-state index in [0.717, 1.165) is 53.7 Å². The zero-order valence-corrected chi connectivity index (χ0v) is 20.7. The average molecular weight is 481 g/mol. The van der Waals surface area contributed by atoms with Gasteiger partial charge in [-0.3, -0.25) is 9.59 Å². The molecular weight excluding hydrogens is 444 g/mol. The van der Waals surface area contributed by atoms with Gasteiger partial charge in [-0.05, 0) is 68.4 Å². The minimum Gasteiger partial charge on any atom is -0.494 e. The van der Waals surface area contributed by atoms with Gasteiger partial charge in [-0.25, -0.2) is 4.98 Å². The number of pyridine rings is 1. The Morgan fingerprint density at radius 1 is 1.06 bits per heavy atom. The topological polar surface area (TPSA) is 97.8 Å². The van der Waals surface area contributed by atoms with Crippen molar-refractivity contribution < 1.29 is 24.2 Å². The van der Waals surface area contributed by atoms with Gasteiger partial charge in [0.05, 0.1) is 31.2 Å². The fraction of sp³-hybridized carbons (Fsp3) is 0.536. The lowest BCUT2D eigenvalue weighted by atomic mass is 9.78. The molecule has 4 rings (SSSR count). The molecule has 1 aromatic heterocycles. The number of carboxylic acid groups (broad SMARTS) is 1. The van der Waals surface area contributed by atoms with E-state index >= 15 is 0 Å². The Morgan fingerprint density at radius 3 is 2.49 bits per heavy atom. The zero-order chi connectivity index (χ0) is 24.8. The van der Waals surface area contributed by atoms with Gasteiger partial charge < -0.3 is 19.9 Å². The highest BCUT2D eigenvalue weighted by Crippen LogP contribution is 2.35. The Balaban J connectivity index is 1.61. The number of anilines is 1. The van der Waals surface area contributed by atoms with Gasteiger partial charge in [-0.1, -0.05) is 37.8 Å². The summed E-state index contributed by atoms with van der Waals surface area (Å²) in [4.78, 5) is 29.2.